The fraction of sp³-hybridized carbons (Fsp3) is 0.333. The zero-order valence-electron chi connectivity index (χ0n) is 18.1. The fourth-order valence-electron chi connectivity index (χ4n) is 3.83. The lowest BCUT2D eigenvalue weighted by Gasteiger charge is -2.25. The first-order valence-corrected chi connectivity index (χ1v) is 10.5. The van der Waals surface area contributed by atoms with Crippen molar-refractivity contribution in [2.24, 2.45) is 0 Å². The molecule has 0 bridgehead atoms. The lowest BCUT2D eigenvalue weighted by molar-refractivity contribution is -0.139. The van der Waals surface area contributed by atoms with Crippen molar-refractivity contribution in [2.75, 3.05) is 20.8 Å². The molecule has 1 N–H and O–H groups in total. The quantitative estimate of drug-likeness (QED) is 0.374. The van der Waals surface area contributed by atoms with Gasteiger partial charge in [0.2, 0.25) is 0 Å². The van der Waals surface area contributed by atoms with E-state index < -0.39 is 17.7 Å². The van der Waals surface area contributed by atoms with Gasteiger partial charge in [-0.1, -0.05) is 37.1 Å². The Labute approximate surface area is 187 Å². The van der Waals surface area contributed by atoms with Crippen LogP contribution in [-0.4, -0.2) is 42.5 Å². The predicted octanol–water partition coefficient (Wildman–Crippen LogP) is 4.89. The molecule has 1 unspecified atom stereocenters. The number of hydrogen-bond acceptors (Lipinski definition) is 5. The van der Waals surface area contributed by atoms with Crippen LogP contribution in [0.1, 0.15) is 42.5 Å². The number of Topliss-reactive ketones (excluding diaryl/α,β-unsaturated/α-hetero) is 1. The van der Waals surface area contributed by atoms with Gasteiger partial charge in [-0.15, -0.1) is 0 Å². The number of aliphatic hydroxyl groups is 1. The molecule has 0 radical (unpaired) electrons. The third-order valence-corrected chi connectivity index (χ3v) is 5.65. The molecule has 31 heavy (non-hydrogen) atoms. The number of hydrogen-bond donors (Lipinski definition) is 1. The molecule has 6 nitrogen and oxygen atoms in total. The summed E-state index contributed by atoms with van der Waals surface area (Å²) in [6, 6.07) is 9.78. The molecule has 7 heteroatoms. The van der Waals surface area contributed by atoms with Crippen molar-refractivity contribution in [1.82, 2.24) is 4.90 Å². The van der Waals surface area contributed by atoms with E-state index in [4.69, 9.17) is 21.1 Å². The van der Waals surface area contributed by atoms with Crippen LogP contribution in [0.3, 0.4) is 0 Å². The number of carbonyl (C=O) groups is 2. The Morgan fingerprint density at radius 3 is 2.39 bits per heavy atom. The summed E-state index contributed by atoms with van der Waals surface area (Å²) in [6.45, 7) is 4.24. The monoisotopic (exact) mass is 443 g/mol. The molecule has 1 saturated heterocycles. The average molecular weight is 444 g/mol. The minimum Gasteiger partial charge on any atom is -0.507 e. The lowest BCUT2D eigenvalue weighted by Crippen LogP contribution is -2.30. The van der Waals surface area contributed by atoms with Gasteiger partial charge in [-0.2, -0.15) is 0 Å². The first-order valence-electron chi connectivity index (χ1n) is 10.1. The molecular formula is C24H26ClNO5. The summed E-state index contributed by atoms with van der Waals surface area (Å²) in [6.07, 6.45) is 1.60. The van der Waals surface area contributed by atoms with E-state index in [-0.39, 0.29) is 22.6 Å². The minimum absolute atomic E-state index is 0.0197. The predicted molar refractivity (Wildman–Crippen MR) is 120 cm³/mol. The van der Waals surface area contributed by atoms with Crippen LogP contribution in [0, 0.1) is 6.92 Å². The molecule has 1 amide bonds. The van der Waals surface area contributed by atoms with Crippen molar-refractivity contribution < 1.29 is 24.2 Å². The van der Waals surface area contributed by atoms with E-state index in [2.05, 4.69) is 0 Å². The number of nitrogens with zero attached hydrogens (tertiary/aromatic N) is 1. The molecule has 2 aromatic carbocycles. The van der Waals surface area contributed by atoms with Crippen LogP contribution >= 0.6 is 11.6 Å². The van der Waals surface area contributed by atoms with Gasteiger partial charge in [-0.3, -0.25) is 9.59 Å². The van der Waals surface area contributed by atoms with Crippen LogP contribution < -0.4 is 9.47 Å². The Balaban J connectivity index is 2.24. The maximum atomic E-state index is 13.1. The van der Waals surface area contributed by atoms with Crippen molar-refractivity contribution in [2.45, 2.75) is 32.7 Å². The van der Waals surface area contributed by atoms with Crippen molar-refractivity contribution >= 4 is 29.1 Å². The molecule has 2 aromatic rings. The van der Waals surface area contributed by atoms with Gasteiger partial charge in [0, 0.05) is 6.54 Å². The zero-order chi connectivity index (χ0) is 22.7. The van der Waals surface area contributed by atoms with Crippen molar-refractivity contribution in [3.63, 3.8) is 0 Å². The van der Waals surface area contributed by atoms with Gasteiger partial charge in [-0.25, -0.2) is 0 Å². The van der Waals surface area contributed by atoms with Crippen molar-refractivity contribution in [3.05, 3.63) is 63.7 Å². The number of aryl methyl sites for hydroxylation is 1. The summed E-state index contributed by atoms with van der Waals surface area (Å²) in [5.41, 5.74) is 1.79. The van der Waals surface area contributed by atoms with Crippen LogP contribution in [0.4, 0.5) is 0 Å². The second-order valence-corrected chi connectivity index (χ2v) is 7.85. The molecule has 1 aliphatic heterocycles. The number of unbranched alkanes of at least 4 members (excludes halogenated alkanes) is 1. The van der Waals surface area contributed by atoms with Gasteiger partial charge in [0.05, 0.1) is 36.4 Å². The number of methoxy groups -OCH3 is 2. The number of likely N-dealkylation sites (tertiary alicyclic amines) is 1. The third kappa shape index (κ3) is 4.26. The maximum Gasteiger partial charge on any atom is 0.295 e. The topological polar surface area (TPSA) is 76.1 Å². The van der Waals surface area contributed by atoms with E-state index in [1.807, 2.05) is 13.8 Å². The molecule has 1 heterocycles. The maximum absolute atomic E-state index is 13.1. The van der Waals surface area contributed by atoms with Gasteiger partial charge in [0.25, 0.3) is 11.7 Å². The van der Waals surface area contributed by atoms with E-state index in [1.165, 1.54) is 12.0 Å². The van der Waals surface area contributed by atoms with Crippen LogP contribution in [-0.2, 0) is 9.59 Å². The smallest absolute Gasteiger partial charge is 0.295 e. The summed E-state index contributed by atoms with van der Waals surface area (Å²) in [7, 11) is 3.00. The van der Waals surface area contributed by atoms with E-state index in [9.17, 15) is 14.7 Å². The van der Waals surface area contributed by atoms with Gasteiger partial charge in [0.15, 0.2) is 0 Å². The summed E-state index contributed by atoms with van der Waals surface area (Å²) in [4.78, 5) is 27.5. The number of halogens is 1. The number of rotatable bonds is 7. The molecule has 0 aromatic heterocycles. The Morgan fingerprint density at radius 2 is 1.81 bits per heavy atom. The van der Waals surface area contributed by atoms with Crippen LogP contribution in [0.2, 0.25) is 5.02 Å². The first kappa shape index (κ1) is 22.7. The second kappa shape index (κ2) is 9.43. The summed E-state index contributed by atoms with van der Waals surface area (Å²) in [5.74, 6) is -0.761. The summed E-state index contributed by atoms with van der Waals surface area (Å²) in [5, 5.41) is 11.6. The summed E-state index contributed by atoms with van der Waals surface area (Å²) < 4.78 is 10.6. The molecule has 1 aliphatic rings. The highest BCUT2D eigenvalue weighted by molar-refractivity contribution is 6.46. The molecular weight excluding hydrogens is 418 g/mol. The van der Waals surface area contributed by atoms with Crippen LogP contribution in [0.5, 0.6) is 11.5 Å². The number of carbonyl (C=O) groups excluding carboxylic acids is 2. The van der Waals surface area contributed by atoms with Gasteiger partial charge in [0.1, 0.15) is 17.3 Å². The van der Waals surface area contributed by atoms with Crippen LogP contribution in [0.25, 0.3) is 5.76 Å². The Kier molecular flexibility index (Phi) is 6.91. The standard InChI is InChI=1S/C24H26ClNO5/c1-5-6-11-26-20(15-7-9-16(30-3)10-8-15)19(22(28)24(26)29)21(27)17-12-14(2)13-18(25)23(17)31-4/h7-10,12-13,20,27H,5-6,11H2,1-4H3/b21-19+. The number of benzene rings is 2. The van der Waals surface area contributed by atoms with E-state index >= 15 is 0 Å². The molecule has 3 rings (SSSR count). The molecule has 0 saturated carbocycles. The normalized spacial score (nSPS) is 17.8. The molecule has 1 atom stereocenters. The molecule has 164 valence electrons. The molecule has 0 spiro atoms. The summed E-state index contributed by atoms with van der Waals surface area (Å²) >= 11 is 6.30. The number of amides is 1. The second-order valence-electron chi connectivity index (χ2n) is 7.45. The third-order valence-electron chi connectivity index (χ3n) is 5.37. The zero-order valence-corrected chi connectivity index (χ0v) is 18.8. The SMILES string of the molecule is CCCCN1C(=O)C(=O)/C(=C(/O)c2cc(C)cc(Cl)c2OC)C1c1ccc(OC)cc1. The van der Waals surface area contributed by atoms with E-state index in [0.29, 0.717) is 22.9 Å². The van der Waals surface area contributed by atoms with E-state index in [1.54, 1.807) is 43.5 Å². The van der Waals surface area contributed by atoms with Gasteiger partial charge in [-0.05, 0) is 48.7 Å². The highest BCUT2D eigenvalue weighted by atomic mass is 35.5. The number of ether oxygens (including phenoxy) is 2. The molecule has 1 fully saturated rings. The first-order chi connectivity index (χ1) is 14.8. The highest BCUT2D eigenvalue weighted by Gasteiger charge is 2.46. The average Bonchev–Trinajstić information content (AvgIpc) is 3.01. The van der Waals surface area contributed by atoms with Crippen molar-refractivity contribution in [3.8, 4) is 11.5 Å². The van der Waals surface area contributed by atoms with Gasteiger partial charge < -0.3 is 19.5 Å². The Bertz CT molecular complexity index is 1030. The minimum atomic E-state index is -0.728. The Morgan fingerprint density at radius 1 is 1.13 bits per heavy atom. The number of aliphatic hydroxyl groups excluding tert-OH is 1. The number of ketones is 1. The highest BCUT2D eigenvalue weighted by Crippen LogP contribution is 2.43. The van der Waals surface area contributed by atoms with Crippen molar-refractivity contribution in [1.29, 1.82) is 0 Å². The Hall–Kier alpha value is -2.99. The fourth-order valence-corrected chi connectivity index (χ4v) is 4.18. The van der Waals surface area contributed by atoms with Gasteiger partial charge >= 0.3 is 0 Å². The van der Waals surface area contributed by atoms with Crippen LogP contribution in [0.15, 0.2) is 42.0 Å². The lowest BCUT2D eigenvalue weighted by atomic mass is 9.94. The molecule has 0 aliphatic carbocycles. The largest absolute Gasteiger partial charge is 0.507 e. The van der Waals surface area contributed by atoms with E-state index in [0.717, 1.165) is 18.4 Å².